The highest BCUT2D eigenvalue weighted by molar-refractivity contribution is 7.89. The lowest BCUT2D eigenvalue weighted by atomic mass is 10.1. The van der Waals surface area contributed by atoms with Gasteiger partial charge in [-0.1, -0.05) is 30.3 Å². The Balaban J connectivity index is 1.44. The molecule has 4 rings (SSSR count). The van der Waals surface area contributed by atoms with Crippen LogP contribution in [0.1, 0.15) is 18.4 Å². The van der Waals surface area contributed by atoms with Gasteiger partial charge in [-0.15, -0.1) is 10.2 Å². The van der Waals surface area contributed by atoms with Crippen molar-refractivity contribution in [2.45, 2.75) is 31.2 Å². The van der Waals surface area contributed by atoms with Crippen LogP contribution in [0, 0.1) is 6.92 Å². The molecule has 1 N–H and O–H groups in total. The summed E-state index contributed by atoms with van der Waals surface area (Å²) in [7, 11) is -3.55. The van der Waals surface area contributed by atoms with E-state index in [4.69, 9.17) is 0 Å². The van der Waals surface area contributed by atoms with Crippen LogP contribution >= 0.6 is 0 Å². The van der Waals surface area contributed by atoms with Crippen molar-refractivity contribution >= 4 is 21.6 Å². The smallest absolute Gasteiger partial charge is 0.248 e. The van der Waals surface area contributed by atoms with E-state index in [0.717, 1.165) is 24.0 Å². The maximum atomic E-state index is 12.7. The number of tetrazole rings is 1. The van der Waals surface area contributed by atoms with E-state index >= 15 is 0 Å². The molecule has 2 aromatic carbocycles. The molecule has 0 radical (unpaired) electrons. The molecule has 0 saturated carbocycles. The van der Waals surface area contributed by atoms with E-state index in [0.29, 0.717) is 24.6 Å². The molecule has 10 heteroatoms. The zero-order valence-corrected chi connectivity index (χ0v) is 17.3. The van der Waals surface area contributed by atoms with Crippen LogP contribution in [0.5, 0.6) is 0 Å². The standard InChI is InChI=1S/C20H22N6O3S/c1-15-7-2-3-10-18(15)20-22-24-26(23-20)14-19(27)21-16-8-6-9-17(13-16)30(28,29)25-11-4-5-12-25/h2-3,6-10,13H,4-5,11-12,14H2,1H3,(H,21,27). The monoisotopic (exact) mass is 426 g/mol. The molecular formula is C20H22N6O3S. The number of hydrogen-bond acceptors (Lipinski definition) is 6. The number of rotatable bonds is 6. The van der Waals surface area contributed by atoms with Crippen molar-refractivity contribution < 1.29 is 13.2 Å². The molecule has 156 valence electrons. The Bertz CT molecular complexity index is 1170. The van der Waals surface area contributed by atoms with Gasteiger partial charge in [0.1, 0.15) is 6.54 Å². The Kier molecular flexibility index (Phi) is 5.60. The molecule has 30 heavy (non-hydrogen) atoms. The van der Waals surface area contributed by atoms with Crippen molar-refractivity contribution in [2.75, 3.05) is 18.4 Å². The minimum Gasteiger partial charge on any atom is -0.324 e. The first-order chi connectivity index (χ1) is 14.4. The van der Waals surface area contributed by atoms with Crippen LogP contribution in [-0.2, 0) is 21.4 Å². The number of aryl methyl sites for hydroxylation is 1. The van der Waals surface area contributed by atoms with E-state index in [2.05, 4.69) is 20.7 Å². The summed E-state index contributed by atoms with van der Waals surface area (Å²) in [6.07, 6.45) is 1.73. The fraction of sp³-hybridized carbons (Fsp3) is 0.300. The highest BCUT2D eigenvalue weighted by Gasteiger charge is 2.27. The number of nitrogens with one attached hydrogen (secondary N) is 1. The van der Waals surface area contributed by atoms with E-state index in [1.165, 1.54) is 21.2 Å². The average Bonchev–Trinajstić information content (AvgIpc) is 3.41. The van der Waals surface area contributed by atoms with Gasteiger partial charge in [0.15, 0.2) is 0 Å². The predicted octanol–water partition coefficient (Wildman–Crippen LogP) is 2.07. The molecule has 1 saturated heterocycles. The van der Waals surface area contributed by atoms with Crippen LogP contribution < -0.4 is 5.32 Å². The van der Waals surface area contributed by atoms with Gasteiger partial charge in [-0.3, -0.25) is 4.79 Å². The Morgan fingerprint density at radius 3 is 2.63 bits per heavy atom. The van der Waals surface area contributed by atoms with Gasteiger partial charge in [0.25, 0.3) is 0 Å². The van der Waals surface area contributed by atoms with Gasteiger partial charge in [-0.25, -0.2) is 8.42 Å². The van der Waals surface area contributed by atoms with Crippen molar-refractivity contribution in [3.05, 3.63) is 54.1 Å². The maximum absolute atomic E-state index is 12.7. The molecule has 1 amide bonds. The zero-order chi connectivity index (χ0) is 21.1. The molecule has 1 aromatic heterocycles. The van der Waals surface area contributed by atoms with Crippen LogP contribution in [0.4, 0.5) is 5.69 Å². The van der Waals surface area contributed by atoms with E-state index < -0.39 is 10.0 Å². The summed E-state index contributed by atoms with van der Waals surface area (Å²) in [4.78, 5) is 13.8. The number of sulfonamides is 1. The van der Waals surface area contributed by atoms with Crippen molar-refractivity contribution in [1.82, 2.24) is 24.5 Å². The first-order valence-corrected chi connectivity index (χ1v) is 11.1. The second-order valence-electron chi connectivity index (χ2n) is 7.15. The maximum Gasteiger partial charge on any atom is 0.248 e. The molecule has 9 nitrogen and oxygen atoms in total. The third kappa shape index (κ3) is 4.24. The lowest BCUT2D eigenvalue weighted by Crippen LogP contribution is -2.28. The molecule has 0 bridgehead atoms. The van der Waals surface area contributed by atoms with E-state index in [1.54, 1.807) is 12.1 Å². The number of aromatic nitrogens is 4. The summed E-state index contributed by atoms with van der Waals surface area (Å²) in [5, 5.41) is 14.9. The normalized spacial score (nSPS) is 14.7. The molecule has 0 spiro atoms. The molecule has 0 aliphatic carbocycles. The number of benzene rings is 2. The summed E-state index contributed by atoms with van der Waals surface area (Å²) in [6, 6.07) is 13.9. The van der Waals surface area contributed by atoms with Crippen LogP contribution in [0.25, 0.3) is 11.4 Å². The minimum absolute atomic E-state index is 0.137. The number of carbonyl (C=O) groups is 1. The third-order valence-electron chi connectivity index (χ3n) is 4.94. The summed E-state index contributed by atoms with van der Waals surface area (Å²) >= 11 is 0. The summed E-state index contributed by atoms with van der Waals surface area (Å²) in [5.41, 5.74) is 2.26. The largest absolute Gasteiger partial charge is 0.324 e. The summed E-state index contributed by atoms with van der Waals surface area (Å²) in [6.45, 7) is 2.87. The van der Waals surface area contributed by atoms with Gasteiger partial charge in [-0.05, 0) is 48.7 Å². The fourth-order valence-electron chi connectivity index (χ4n) is 3.38. The molecule has 1 fully saturated rings. The molecule has 0 atom stereocenters. The first-order valence-electron chi connectivity index (χ1n) is 9.67. The topological polar surface area (TPSA) is 110 Å². The Hall–Kier alpha value is -3.11. The van der Waals surface area contributed by atoms with Gasteiger partial charge < -0.3 is 5.32 Å². The number of amides is 1. The SMILES string of the molecule is Cc1ccccc1-c1nnn(CC(=O)Nc2cccc(S(=O)(=O)N3CCCC3)c2)n1. The third-order valence-corrected chi connectivity index (χ3v) is 6.84. The van der Waals surface area contributed by atoms with Crippen molar-refractivity contribution in [2.24, 2.45) is 0 Å². The van der Waals surface area contributed by atoms with Crippen LogP contribution in [0.15, 0.2) is 53.4 Å². The molecular weight excluding hydrogens is 404 g/mol. The highest BCUT2D eigenvalue weighted by atomic mass is 32.2. The van der Waals surface area contributed by atoms with E-state index in [-0.39, 0.29) is 17.3 Å². The van der Waals surface area contributed by atoms with Crippen molar-refractivity contribution in [1.29, 1.82) is 0 Å². The Morgan fingerprint density at radius 1 is 1.10 bits per heavy atom. The highest BCUT2D eigenvalue weighted by Crippen LogP contribution is 2.23. The van der Waals surface area contributed by atoms with Gasteiger partial charge in [0.2, 0.25) is 21.8 Å². The number of nitrogens with zero attached hydrogens (tertiary/aromatic N) is 5. The number of carbonyl (C=O) groups excluding carboxylic acids is 1. The quantitative estimate of drug-likeness (QED) is 0.646. The van der Waals surface area contributed by atoms with Crippen LogP contribution in [0.2, 0.25) is 0 Å². The summed E-state index contributed by atoms with van der Waals surface area (Å²) < 4.78 is 26.9. The zero-order valence-electron chi connectivity index (χ0n) is 16.5. The fourth-order valence-corrected chi connectivity index (χ4v) is 4.95. The van der Waals surface area contributed by atoms with E-state index in [1.807, 2.05) is 31.2 Å². The molecule has 2 heterocycles. The summed E-state index contributed by atoms with van der Waals surface area (Å²) in [5.74, 6) is 0.0686. The molecule has 1 aliphatic rings. The molecule has 3 aromatic rings. The van der Waals surface area contributed by atoms with Gasteiger partial charge in [-0.2, -0.15) is 9.10 Å². The minimum atomic E-state index is -3.55. The van der Waals surface area contributed by atoms with Gasteiger partial charge in [0.05, 0.1) is 4.90 Å². The van der Waals surface area contributed by atoms with Crippen molar-refractivity contribution in [3.63, 3.8) is 0 Å². The Morgan fingerprint density at radius 2 is 1.87 bits per heavy atom. The lowest BCUT2D eigenvalue weighted by molar-refractivity contribution is -0.117. The van der Waals surface area contributed by atoms with Crippen molar-refractivity contribution in [3.8, 4) is 11.4 Å². The predicted molar refractivity (Wildman–Crippen MR) is 111 cm³/mol. The number of hydrogen-bond donors (Lipinski definition) is 1. The van der Waals surface area contributed by atoms with Gasteiger partial charge in [0, 0.05) is 24.3 Å². The molecule has 1 aliphatic heterocycles. The first kappa shape index (κ1) is 20.2. The molecule has 0 unspecified atom stereocenters. The second kappa shape index (κ2) is 8.33. The second-order valence-corrected chi connectivity index (χ2v) is 9.08. The van der Waals surface area contributed by atoms with Crippen LogP contribution in [-0.4, -0.2) is 51.9 Å². The van der Waals surface area contributed by atoms with Crippen LogP contribution in [0.3, 0.4) is 0 Å². The lowest BCUT2D eigenvalue weighted by Gasteiger charge is -2.16. The Labute approximate surface area is 174 Å². The number of anilines is 1. The average molecular weight is 427 g/mol. The van der Waals surface area contributed by atoms with Gasteiger partial charge >= 0.3 is 0 Å². The van der Waals surface area contributed by atoms with E-state index in [9.17, 15) is 13.2 Å².